The zero-order chi connectivity index (χ0) is 16.1. The third-order valence-corrected chi connectivity index (χ3v) is 4.60. The molecule has 2 aromatic rings. The molecule has 0 aliphatic rings. The Bertz CT molecular complexity index is 668. The number of aryl methyl sites for hydroxylation is 2. The summed E-state index contributed by atoms with van der Waals surface area (Å²) in [7, 11) is 0. The summed E-state index contributed by atoms with van der Waals surface area (Å²) in [5.74, 6) is 0.754. The van der Waals surface area contributed by atoms with Crippen LogP contribution in [0.4, 0.5) is 10.9 Å². The highest BCUT2D eigenvalue weighted by molar-refractivity contribution is 8.01. The topological polar surface area (TPSA) is 97.1 Å². The van der Waals surface area contributed by atoms with E-state index in [1.165, 1.54) is 23.1 Å². The summed E-state index contributed by atoms with van der Waals surface area (Å²) in [6.45, 7) is 5.33. The standard InChI is InChI=1S/C13H16N4O3S2/c1-7-5-22-13(14-7)16-11(18)6-21-9(3)12(19)15-10-4-8(2)20-17-10/h4-5,9H,6H2,1-3H3,(H,14,16,18)(H,15,17,19). The first-order chi connectivity index (χ1) is 10.4. The Kier molecular flexibility index (Phi) is 5.56. The SMILES string of the molecule is Cc1csc(NC(=O)CSC(C)C(=O)Nc2cc(C)on2)n1. The molecule has 2 aromatic heterocycles. The Hall–Kier alpha value is -1.87. The van der Waals surface area contributed by atoms with Gasteiger partial charge >= 0.3 is 0 Å². The van der Waals surface area contributed by atoms with Crippen molar-refractivity contribution >= 4 is 45.9 Å². The van der Waals surface area contributed by atoms with E-state index < -0.39 is 0 Å². The summed E-state index contributed by atoms with van der Waals surface area (Å²) in [5.41, 5.74) is 0.864. The molecule has 0 spiro atoms. The molecular weight excluding hydrogens is 324 g/mol. The number of anilines is 2. The molecule has 0 saturated heterocycles. The van der Waals surface area contributed by atoms with Crippen LogP contribution in [0.2, 0.25) is 0 Å². The van der Waals surface area contributed by atoms with E-state index >= 15 is 0 Å². The molecule has 118 valence electrons. The molecule has 22 heavy (non-hydrogen) atoms. The maximum atomic E-state index is 11.9. The zero-order valence-corrected chi connectivity index (χ0v) is 14.0. The minimum Gasteiger partial charge on any atom is -0.360 e. The largest absolute Gasteiger partial charge is 0.360 e. The minimum absolute atomic E-state index is 0.172. The van der Waals surface area contributed by atoms with Crippen LogP contribution in [0.5, 0.6) is 0 Å². The van der Waals surface area contributed by atoms with Crippen LogP contribution in [0, 0.1) is 13.8 Å². The maximum absolute atomic E-state index is 11.9. The fourth-order valence-corrected chi connectivity index (χ4v) is 2.88. The van der Waals surface area contributed by atoms with Crippen molar-refractivity contribution in [2.45, 2.75) is 26.0 Å². The van der Waals surface area contributed by atoms with Crippen LogP contribution in [-0.4, -0.2) is 33.0 Å². The van der Waals surface area contributed by atoms with E-state index in [1.54, 1.807) is 19.9 Å². The Labute approximate surface area is 135 Å². The quantitative estimate of drug-likeness (QED) is 0.838. The molecule has 2 heterocycles. The summed E-state index contributed by atoms with van der Waals surface area (Å²) in [5, 5.41) is 11.1. The van der Waals surface area contributed by atoms with Crippen LogP contribution in [0.15, 0.2) is 16.0 Å². The highest BCUT2D eigenvalue weighted by atomic mass is 32.2. The second kappa shape index (κ2) is 7.41. The van der Waals surface area contributed by atoms with E-state index in [4.69, 9.17) is 4.52 Å². The van der Waals surface area contributed by atoms with E-state index in [1.807, 2.05) is 12.3 Å². The van der Waals surface area contributed by atoms with Gasteiger partial charge in [-0.2, -0.15) is 0 Å². The highest BCUT2D eigenvalue weighted by Crippen LogP contribution is 2.17. The molecule has 2 rings (SSSR count). The van der Waals surface area contributed by atoms with Gasteiger partial charge in [0.25, 0.3) is 0 Å². The van der Waals surface area contributed by atoms with E-state index in [0.717, 1.165) is 5.69 Å². The summed E-state index contributed by atoms with van der Waals surface area (Å²) in [6, 6.07) is 1.63. The van der Waals surface area contributed by atoms with Crippen LogP contribution in [0.3, 0.4) is 0 Å². The van der Waals surface area contributed by atoms with Gasteiger partial charge in [-0.05, 0) is 20.8 Å². The van der Waals surface area contributed by atoms with Crippen molar-refractivity contribution in [2.24, 2.45) is 0 Å². The molecule has 0 saturated carbocycles. The summed E-state index contributed by atoms with van der Waals surface area (Å²) in [6.07, 6.45) is 0. The van der Waals surface area contributed by atoms with E-state index in [-0.39, 0.29) is 22.8 Å². The molecule has 7 nitrogen and oxygen atoms in total. The van der Waals surface area contributed by atoms with Gasteiger partial charge < -0.3 is 15.2 Å². The first-order valence-electron chi connectivity index (χ1n) is 6.52. The second-order valence-corrected chi connectivity index (χ2v) is 6.79. The zero-order valence-electron chi connectivity index (χ0n) is 12.4. The first kappa shape index (κ1) is 16.5. The second-order valence-electron chi connectivity index (χ2n) is 4.61. The lowest BCUT2D eigenvalue weighted by Crippen LogP contribution is -2.25. The predicted molar refractivity (Wildman–Crippen MR) is 87.3 cm³/mol. The lowest BCUT2D eigenvalue weighted by molar-refractivity contribution is -0.115. The molecule has 0 aromatic carbocycles. The van der Waals surface area contributed by atoms with Gasteiger partial charge in [0.2, 0.25) is 11.8 Å². The fraction of sp³-hybridized carbons (Fsp3) is 0.385. The lowest BCUT2D eigenvalue weighted by Gasteiger charge is -2.09. The molecule has 0 fully saturated rings. The van der Waals surface area contributed by atoms with Gasteiger partial charge in [0.05, 0.1) is 16.7 Å². The predicted octanol–water partition coefficient (Wildman–Crippen LogP) is 2.45. The number of aromatic nitrogens is 2. The molecule has 9 heteroatoms. The number of rotatable bonds is 6. The third kappa shape index (κ3) is 4.85. The van der Waals surface area contributed by atoms with Gasteiger partial charge in [0.15, 0.2) is 10.9 Å². The third-order valence-electron chi connectivity index (χ3n) is 2.58. The van der Waals surface area contributed by atoms with Crippen LogP contribution >= 0.6 is 23.1 Å². The monoisotopic (exact) mass is 340 g/mol. The number of carbonyl (C=O) groups excluding carboxylic acids is 2. The summed E-state index contributed by atoms with van der Waals surface area (Å²) >= 11 is 2.61. The molecule has 1 unspecified atom stereocenters. The van der Waals surface area contributed by atoms with Gasteiger partial charge in [-0.25, -0.2) is 4.98 Å². The Morgan fingerprint density at radius 2 is 2.18 bits per heavy atom. The van der Waals surface area contributed by atoms with Gasteiger partial charge in [0, 0.05) is 11.4 Å². The Morgan fingerprint density at radius 1 is 1.41 bits per heavy atom. The average molecular weight is 340 g/mol. The number of carbonyl (C=O) groups is 2. The molecule has 0 aliphatic heterocycles. The van der Waals surface area contributed by atoms with Crippen LogP contribution in [0.1, 0.15) is 18.4 Å². The molecule has 2 N–H and O–H groups in total. The van der Waals surface area contributed by atoms with Crippen LogP contribution < -0.4 is 10.6 Å². The average Bonchev–Trinajstić information content (AvgIpc) is 3.05. The Balaban J connectivity index is 1.75. The van der Waals surface area contributed by atoms with Crippen LogP contribution in [0.25, 0.3) is 0 Å². The number of hydrogen-bond donors (Lipinski definition) is 2. The molecule has 0 radical (unpaired) electrons. The van der Waals surface area contributed by atoms with E-state index in [2.05, 4.69) is 20.8 Å². The van der Waals surface area contributed by atoms with Crippen molar-refractivity contribution in [3.05, 3.63) is 22.9 Å². The highest BCUT2D eigenvalue weighted by Gasteiger charge is 2.17. The number of thioether (sulfide) groups is 1. The fourth-order valence-electron chi connectivity index (χ4n) is 1.50. The molecule has 0 bridgehead atoms. The normalized spacial score (nSPS) is 12.0. The van der Waals surface area contributed by atoms with Gasteiger partial charge in [0.1, 0.15) is 5.76 Å². The van der Waals surface area contributed by atoms with Crippen molar-refractivity contribution < 1.29 is 14.1 Å². The molecule has 0 aliphatic carbocycles. The lowest BCUT2D eigenvalue weighted by atomic mass is 10.4. The molecular formula is C13H16N4O3S2. The van der Waals surface area contributed by atoms with E-state index in [0.29, 0.717) is 16.7 Å². The number of nitrogens with zero attached hydrogens (tertiary/aromatic N) is 2. The first-order valence-corrected chi connectivity index (χ1v) is 8.44. The van der Waals surface area contributed by atoms with Gasteiger partial charge in [-0.1, -0.05) is 5.16 Å². The van der Waals surface area contributed by atoms with E-state index in [9.17, 15) is 9.59 Å². The van der Waals surface area contributed by atoms with Crippen molar-refractivity contribution in [3.63, 3.8) is 0 Å². The smallest absolute Gasteiger partial charge is 0.238 e. The van der Waals surface area contributed by atoms with Crippen molar-refractivity contribution in [3.8, 4) is 0 Å². The summed E-state index contributed by atoms with van der Waals surface area (Å²) < 4.78 is 4.87. The Morgan fingerprint density at radius 3 is 2.77 bits per heavy atom. The minimum atomic E-state index is -0.388. The molecule has 1 atom stereocenters. The maximum Gasteiger partial charge on any atom is 0.238 e. The van der Waals surface area contributed by atoms with Gasteiger partial charge in [-0.3, -0.25) is 9.59 Å². The number of amides is 2. The molecule has 2 amide bonds. The van der Waals surface area contributed by atoms with Crippen molar-refractivity contribution in [1.29, 1.82) is 0 Å². The number of hydrogen-bond acceptors (Lipinski definition) is 7. The van der Waals surface area contributed by atoms with Gasteiger partial charge in [-0.15, -0.1) is 23.1 Å². The number of thiazole rings is 1. The summed E-state index contributed by atoms with van der Waals surface area (Å²) in [4.78, 5) is 27.9. The van der Waals surface area contributed by atoms with Crippen molar-refractivity contribution in [1.82, 2.24) is 10.1 Å². The number of nitrogens with one attached hydrogen (secondary N) is 2. The van der Waals surface area contributed by atoms with Crippen molar-refractivity contribution in [2.75, 3.05) is 16.4 Å². The van der Waals surface area contributed by atoms with Crippen LogP contribution in [-0.2, 0) is 9.59 Å².